The number of nitrogen functional groups attached to an aromatic ring is 1. The van der Waals surface area contributed by atoms with E-state index >= 15 is 0 Å². The molecule has 1 aromatic heterocycles. The fraction of sp³-hybridized carbons (Fsp3) is 0. The second-order valence-corrected chi connectivity index (χ2v) is 5.10. The van der Waals surface area contributed by atoms with Crippen LogP contribution in [0, 0.1) is 5.82 Å². The standard InChI is InChI=1S/C15H10BrFN2O/c16-10-7-12(18)14(8-11(10)17)20-15-6-5-9-3-1-2-4-13(9)19-15/h1-8H,18H2. The van der Waals surface area contributed by atoms with E-state index in [9.17, 15) is 4.39 Å². The number of ether oxygens (including phenoxy) is 1. The number of halogens is 2. The summed E-state index contributed by atoms with van der Waals surface area (Å²) in [5.74, 6) is 0.181. The van der Waals surface area contributed by atoms with E-state index in [0.717, 1.165) is 10.9 Å². The fourth-order valence-corrected chi connectivity index (χ4v) is 2.21. The zero-order valence-electron chi connectivity index (χ0n) is 10.3. The van der Waals surface area contributed by atoms with E-state index in [-0.39, 0.29) is 5.75 Å². The van der Waals surface area contributed by atoms with Crippen LogP contribution in [0.5, 0.6) is 11.6 Å². The van der Waals surface area contributed by atoms with E-state index < -0.39 is 5.82 Å². The maximum atomic E-state index is 13.5. The maximum absolute atomic E-state index is 13.5. The third-order valence-corrected chi connectivity index (χ3v) is 3.45. The van der Waals surface area contributed by atoms with Crippen molar-refractivity contribution in [3.05, 3.63) is 58.8 Å². The van der Waals surface area contributed by atoms with Gasteiger partial charge in [-0.05, 0) is 34.1 Å². The third kappa shape index (κ3) is 2.44. The van der Waals surface area contributed by atoms with Gasteiger partial charge in [0.1, 0.15) is 5.82 Å². The van der Waals surface area contributed by atoms with Crippen molar-refractivity contribution in [1.29, 1.82) is 0 Å². The summed E-state index contributed by atoms with van der Waals surface area (Å²) in [6.45, 7) is 0. The molecular weight excluding hydrogens is 323 g/mol. The molecule has 0 spiro atoms. The first-order chi connectivity index (χ1) is 9.63. The number of pyridine rings is 1. The minimum atomic E-state index is -0.435. The van der Waals surface area contributed by atoms with Gasteiger partial charge < -0.3 is 10.5 Å². The SMILES string of the molecule is Nc1cc(Br)c(F)cc1Oc1ccc2ccccc2n1. The molecule has 0 aliphatic heterocycles. The quantitative estimate of drug-likeness (QED) is 0.702. The molecule has 0 unspecified atom stereocenters. The Morgan fingerprint density at radius 2 is 1.90 bits per heavy atom. The topological polar surface area (TPSA) is 48.1 Å². The van der Waals surface area contributed by atoms with Crippen LogP contribution < -0.4 is 10.5 Å². The van der Waals surface area contributed by atoms with Gasteiger partial charge in [0.15, 0.2) is 5.75 Å². The smallest absolute Gasteiger partial charge is 0.219 e. The Labute approximate surface area is 123 Å². The molecule has 2 N–H and O–H groups in total. The minimum Gasteiger partial charge on any atom is -0.437 e. The van der Waals surface area contributed by atoms with Crippen molar-refractivity contribution < 1.29 is 9.13 Å². The van der Waals surface area contributed by atoms with Crippen LogP contribution in [0.4, 0.5) is 10.1 Å². The largest absolute Gasteiger partial charge is 0.437 e. The van der Waals surface area contributed by atoms with Crippen LogP contribution in [-0.2, 0) is 0 Å². The van der Waals surface area contributed by atoms with Crippen LogP contribution in [0.2, 0.25) is 0 Å². The number of nitrogens with two attached hydrogens (primary N) is 1. The van der Waals surface area contributed by atoms with Crippen molar-refractivity contribution in [2.75, 3.05) is 5.73 Å². The molecule has 100 valence electrons. The number of fused-ring (bicyclic) bond motifs is 1. The summed E-state index contributed by atoms with van der Waals surface area (Å²) in [6, 6.07) is 14.0. The van der Waals surface area contributed by atoms with Crippen molar-refractivity contribution in [2.45, 2.75) is 0 Å². The van der Waals surface area contributed by atoms with Gasteiger partial charge in [-0.2, -0.15) is 0 Å². The lowest BCUT2D eigenvalue weighted by Gasteiger charge is -2.09. The molecule has 20 heavy (non-hydrogen) atoms. The van der Waals surface area contributed by atoms with Crippen LogP contribution in [0.3, 0.4) is 0 Å². The molecule has 0 amide bonds. The van der Waals surface area contributed by atoms with E-state index in [1.807, 2.05) is 30.3 Å². The minimum absolute atomic E-state index is 0.244. The molecule has 0 aliphatic rings. The van der Waals surface area contributed by atoms with Crippen molar-refractivity contribution in [3.63, 3.8) is 0 Å². The lowest BCUT2D eigenvalue weighted by molar-refractivity contribution is 0.462. The Morgan fingerprint density at radius 3 is 2.75 bits per heavy atom. The number of hydrogen-bond acceptors (Lipinski definition) is 3. The summed E-state index contributed by atoms with van der Waals surface area (Å²) in [7, 11) is 0. The average molecular weight is 333 g/mol. The Kier molecular flexibility index (Phi) is 3.28. The van der Waals surface area contributed by atoms with Gasteiger partial charge >= 0.3 is 0 Å². The lowest BCUT2D eigenvalue weighted by Crippen LogP contribution is -1.95. The van der Waals surface area contributed by atoms with Crippen LogP contribution in [0.25, 0.3) is 10.9 Å². The second-order valence-electron chi connectivity index (χ2n) is 4.25. The summed E-state index contributed by atoms with van der Waals surface area (Å²) >= 11 is 3.07. The molecule has 0 fully saturated rings. The molecular formula is C15H10BrFN2O. The summed E-state index contributed by atoms with van der Waals surface area (Å²) in [5, 5.41) is 1.01. The Hall–Kier alpha value is -2.14. The first-order valence-electron chi connectivity index (χ1n) is 5.91. The van der Waals surface area contributed by atoms with Gasteiger partial charge in [-0.25, -0.2) is 9.37 Å². The summed E-state index contributed by atoms with van der Waals surface area (Å²) < 4.78 is 19.4. The number of hydrogen-bond donors (Lipinski definition) is 1. The van der Waals surface area contributed by atoms with Crippen LogP contribution in [0.15, 0.2) is 53.0 Å². The molecule has 1 heterocycles. The number of nitrogens with zero attached hydrogens (tertiary/aromatic N) is 1. The van der Waals surface area contributed by atoms with E-state index in [1.165, 1.54) is 12.1 Å². The van der Waals surface area contributed by atoms with Gasteiger partial charge in [-0.15, -0.1) is 0 Å². The molecule has 3 rings (SSSR count). The van der Waals surface area contributed by atoms with Crippen molar-refractivity contribution in [1.82, 2.24) is 4.98 Å². The van der Waals surface area contributed by atoms with E-state index in [0.29, 0.717) is 16.0 Å². The van der Waals surface area contributed by atoms with Gasteiger partial charge in [0.25, 0.3) is 0 Å². The maximum Gasteiger partial charge on any atom is 0.219 e. The van der Waals surface area contributed by atoms with E-state index in [2.05, 4.69) is 20.9 Å². The highest BCUT2D eigenvalue weighted by Gasteiger charge is 2.09. The van der Waals surface area contributed by atoms with Gasteiger partial charge in [-0.1, -0.05) is 18.2 Å². The molecule has 2 aromatic carbocycles. The Balaban J connectivity index is 1.99. The average Bonchev–Trinajstić information content (AvgIpc) is 2.44. The summed E-state index contributed by atoms with van der Waals surface area (Å²) in [4.78, 5) is 4.35. The van der Waals surface area contributed by atoms with Crippen LogP contribution >= 0.6 is 15.9 Å². The predicted octanol–water partition coefficient (Wildman–Crippen LogP) is 4.51. The number of benzene rings is 2. The first-order valence-corrected chi connectivity index (χ1v) is 6.71. The number of rotatable bonds is 2. The molecule has 0 saturated carbocycles. The zero-order valence-corrected chi connectivity index (χ0v) is 11.9. The highest BCUT2D eigenvalue weighted by Crippen LogP contribution is 2.31. The van der Waals surface area contributed by atoms with Gasteiger partial charge in [-0.3, -0.25) is 0 Å². The molecule has 0 saturated heterocycles. The fourth-order valence-electron chi connectivity index (χ4n) is 1.85. The molecule has 3 nitrogen and oxygen atoms in total. The number of aromatic nitrogens is 1. The second kappa shape index (κ2) is 5.09. The number of para-hydroxylation sites is 1. The van der Waals surface area contributed by atoms with Crippen LogP contribution in [-0.4, -0.2) is 4.98 Å². The highest BCUT2D eigenvalue weighted by molar-refractivity contribution is 9.10. The van der Waals surface area contributed by atoms with Crippen molar-refractivity contribution >= 4 is 32.5 Å². The Morgan fingerprint density at radius 1 is 1.10 bits per heavy atom. The summed E-state index contributed by atoms with van der Waals surface area (Å²) in [6.07, 6.45) is 0. The predicted molar refractivity (Wildman–Crippen MR) is 80.3 cm³/mol. The zero-order chi connectivity index (χ0) is 14.1. The Bertz CT molecular complexity index is 792. The third-order valence-electron chi connectivity index (χ3n) is 2.84. The molecule has 0 atom stereocenters. The highest BCUT2D eigenvalue weighted by atomic mass is 79.9. The van der Waals surface area contributed by atoms with Gasteiger partial charge in [0.2, 0.25) is 5.88 Å². The first kappa shape index (κ1) is 12.9. The molecule has 0 aliphatic carbocycles. The van der Waals surface area contributed by atoms with Gasteiger partial charge in [0, 0.05) is 17.5 Å². The molecule has 0 radical (unpaired) electrons. The van der Waals surface area contributed by atoms with Crippen molar-refractivity contribution in [3.8, 4) is 11.6 Å². The van der Waals surface area contributed by atoms with E-state index in [4.69, 9.17) is 10.5 Å². The lowest BCUT2D eigenvalue weighted by atomic mass is 10.2. The molecule has 3 aromatic rings. The normalized spacial score (nSPS) is 10.7. The monoisotopic (exact) mass is 332 g/mol. The molecule has 5 heteroatoms. The number of anilines is 1. The molecule has 0 bridgehead atoms. The van der Waals surface area contributed by atoms with Gasteiger partial charge in [0.05, 0.1) is 15.7 Å². The summed E-state index contributed by atoms with van der Waals surface area (Å²) in [5.41, 5.74) is 6.95. The van der Waals surface area contributed by atoms with Crippen LogP contribution in [0.1, 0.15) is 0 Å². The van der Waals surface area contributed by atoms with Crippen molar-refractivity contribution in [2.24, 2.45) is 0 Å². The van der Waals surface area contributed by atoms with E-state index in [1.54, 1.807) is 6.07 Å².